The van der Waals surface area contributed by atoms with Gasteiger partial charge >= 0.3 is 11.9 Å². The molecule has 50 heavy (non-hydrogen) atoms. The summed E-state index contributed by atoms with van der Waals surface area (Å²) in [4.78, 5) is 29.5. The van der Waals surface area contributed by atoms with Crippen molar-refractivity contribution in [1.82, 2.24) is 10.2 Å². The van der Waals surface area contributed by atoms with Gasteiger partial charge in [0.25, 0.3) is 0 Å². The zero-order valence-electron chi connectivity index (χ0n) is 28.2. The summed E-state index contributed by atoms with van der Waals surface area (Å²) in [6.07, 6.45) is 4.84. The standard InChI is InChI=1S/C37H41Cl2N3O7S/c1-4-41-14-12-23(13-15-41)22-49-37(45)34(24-8-6-5-7-9-24)40-19-26-17-28(35(50-26)36(43)44)27(18-29-30(38)20-42(46)21-31(29)39)25-10-11-32(47-2)33(16-25)48-3/h5-11,16-17,20-21,23,27,34,40H,4,12-15,18-19,22H2,1-3H3,(H-,43,44,46)/p+1/t27-,34?/m0/s1. The van der Waals surface area contributed by atoms with E-state index in [0.717, 1.165) is 59.7 Å². The van der Waals surface area contributed by atoms with Crippen LogP contribution in [-0.2, 0) is 22.5 Å². The Hall–Kier alpha value is -3.87. The van der Waals surface area contributed by atoms with E-state index in [9.17, 15) is 19.9 Å². The summed E-state index contributed by atoms with van der Waals surface area (Å²) in [6, 6.07) is 15.9. The second-order valence-corrected chi connectivity index (χ2v) is 14.2. The van der Waals surface area contributed by atoms with Crippen LogP contribution in [0.5, 0.6) is 11.5 Å². The molecule has 1 aliphatic rings. The number of ether oxygens (including phenoxy) is 3. The molecule has 0 bridgehead atoms. The maximum Gasteiger partial charge on any atom is 0.346 e. The first kappa shape index (κ1) is 37.4. The van der Waals surface area contributed by atoms with Gasteiger partial charge in [0.1, 0.15) is 21.0 Å². The number of hydrogen-bond acceptors (Lipinski definition) is 9. The van der Waals surface area contributed by atoms with Crippen molar-refractivity contribution in [3.8, 4) is 11.5 Å². The second-order valence-electron chi connectivity index (χ2n) is 12.2. The Balaban J connectivity index is 1.44. The highest BCUT2D eigenvalue weighted by Gasteiger charge is 2.30. The molecule has 3 N–H and O–H groups in total. The van der Waals surface area contributed by atoms with Gasteiger partial charge in [0.2, 0.25) is 12.4 Å². The zero-order valence-corrected chi connectivity index (χ0v) is 30.6. The Labute approximate surface area is 306 Å². The lowest BCUT2D eigenvalue weighted by molar-refractivity contribution is -0.904. The average Bonchev–Trinajstić information content (AvgIpc) is 3.55. The molecule has 0 spiro atoms. The van der Waals surface area contributed by atoms with Crippen molar-refractivity contribution in [1.29, 1.82) is 0 Å². The molecule has 2 aromatic heterocycles. The molecule has 4 aromatic rings. The van der Waals surface area contributed by atoms with Crippen molar-refractivity contribution in [2.45, 2.75) is 44.7 Å². The quantitative estimate of drug-likeness (QED) is 0.0688. The molecule has 2 atom stereocenters. The fraction of sp³-hybridized carbons (Fsp3) is 0.378. The molecular formula is C37H42Cl2N3O7S+. The molecule has 266 valence electrons. The van der Waals surface area contributed by atoms with E-state index < -0.39 is 17.9 Å². The smallest absolute Gasteiger partial charge is 0.346 e. The number of thiophene rings is 1. The number of nitrogens with one attached hydrogen (secondary N) is 1. The van der Waals surface area contributed by atoms with Crippen LogP contribution >= 0.6 is 34.5 Å². The summed E-state index contributed by atoms with van der Waals surface area (Å²) in [5.74, 6) is -0.688. The van der Waals surface area contributed by atoms with Crippen LogP contribution in [-0.4, -0.2) is 67.6 Å². The number of carbonyl (C=O) groups excluding carboxylic acids is 1. The summed E-state index contributed by atoms with van der Waals surface area (Å²) < 4.78 is 17.7. The highest BCUT2D eigenvalue weighted by molar-refractivity contribution is 7.14. The molecule has 1 saturated heterocycles. The zero-order chi connectivity index (χ0) is 35.8. The van der Waals surface area contributed by atoms with E-state index in [-0.39, 0.29) is 33.9 Å². The number of esters is 1. The molecular weight excluding hydrogens is 701 g/mol. The third-order valence-corrected chi connectivity index (χ3v) is 10.9. The maximum atomic E-state index is 13.6. The van der Waals surface area contributed by atoms with Crippen LogP contribution in [0.1, 0.15) is 68.5 Å². The molecule has 2 aromatic carbocycles. The maximum absolute atomic E-state index is 13.6. The van der Waals surface area contributed by atoms with Gasteiger partial charge in [-0.25, -0.2) is 9.59 Å². The van der Waals surface area contributed by atoms with E-state index in [1.54, 1.807) is 12.1 Å². The van der Waals surface area contributed by atoms with Crippen LogP contribution in [0, 0.1) is 5.92 Å². The van der Waals surface area contributed by atoms with E-state index in [0.29, 0.717) is 40.0 Å². The van der Waals surface area contributed by atoms with E-state index >= 15 is 0 Å². The predicted molar refractivity (Wildman–Crippen MR) is 192 cm³/mol. The van der Waals surface area contributed by atoms with Gasteiger partial charge < -0.3 is 24.2 Å². The third-order valence-electron chi connectivity index (χ3n) is 9.13. The topological polar surface area (TPSA) is 121 Å². The average molecular weight is 744 g/mol. The number of aromatic carboxylic acids is 1. The number of carboxylic acids is 1. The van der Waals surface area contributed by atoms with Crippen molar-refractivity contribution in [3.63, 3.8) is 0 Å². The second kappa shape index (κ2) is 17.4. The van der Waals surface area contributed by atoms with Crippen molar-refractivity contribution in [2.24, 2.45) is 5.92 Å². The summed E-state index contributed by atoms with van der Waals surface area (Å²) in [5, 5.41) is 24.2. The summed E-state index contributed by atoms with van der Waals surface area (Å²) >= 11 is 14.2. The van der Waals surface area contributed by atoms with Crippen LogP contribution in [0.25, 0.3) is 0 Å². The fourth-order valence-electron chi connectivity index (χ4n) is 6.33. The molecule has 0 amide bonds. The number of carbonyl (C=O) groups is 2. The summed E-state index contributed by atoms with van der Waals surface area (Å²) in [7, 11) is 3.07. The first-order chi connectivity index (χ1) is 24.1. The molecule has 1 unspecified atom stereocenters. The van der Waals surface area contributed by atoms with Crippen molar-refractivity contribution in [3.05, 3.63) is 109 Å². The highest BCUT2D eigenvalue weighted by atomic mass is 35.5. The van der Waals surface area contributed by atoms with Gasteiger partial charge in [-0.15, -0.1) is 11.3 Å². The molecule has 0 radical (unpaired) electrons. The molecule has 1 fully saturated rings. The van der Waals surface area contributed by atoms with Gasteiger partial charge in [-0.05, 0) is 79.7 Å². The minimum Gasteiger partial charge on any atom is -0.493 e. The van der Waals surface area contributed by atoms with Gasteiger partial charge in [0.15, 0.2) is 11.5 Å². The number of halogens is 2. The number of piperidine rings is 1. The van der Waals surface area contributed by atoms with Gasteiger partial charge in [0.05, 0.1) is 20.8 Å². The lowest BCUT2D eigenvalue weighted by Gasteiger charge is -2.31. The summed E-state index contributed by atoms with van der Waals surface area (Å²) in [6.45, 7) is 5.75. The van der Waals surface area contributed by atoms with Gasteiger partial charge in [-0.1, -0.05) is 66.5 Å². The Morgan fingerprint density at radius 1 is 1.00 bits per heavy atom. The predicted octanol–water partition coefficient (Wildman–Crippen LogP) is 6.78. The van der Waals surface area contributed by atoms with Crippen LogP contribution in [0.4, 0.5) is 0 Å². The van der Waals surface area contributed by atoms with E-state index in [2.05, 4.69) is 17.1 Å². The molecule has 3 heterocycles. The molecule has 1 aliphatic heterocycles. The van der Waals surface area contributed by atoms with Crippen LogP contribution < -0.4 is 19.5 Å². The van der Waals surface area contributed by atoms with Gasteiger partial charge in [-0.2, -0.15) is 0 Å². The van der Waals surface area contributed by atoms with E-state index in [1.165, 1.54) is 26.6 Å². The third kappa shape index (κ3) is 9.07. The fourth-order valence-corrected chi connectivity index (χ4v) is 7.94. The minimum atomic E-state index is -1.09. The van der Waals surface area contributed by atoms with Crippen LogP contribution in [0.2, 0.25) is 10.0 Å². The molecule has 0 saturated carbocycles. The van der Waals surface area contributed by atoms with Crippen molar-refractivity contribution in [2.75, 3.05) is 40.5 Å². The number of carboxylic acid groups (broad SMARTS) is 1. The Kier molecular flexibility index (Phi) is 13.0. The Morgan fingerprint density at radius 2 is 1.68 bits per heavy atom. The lowest BCUT2D eigenvalue weighted by Crippen LogP contribution is -2.36. The van der Waals surface area contributed by atoms with E-state index in [4.69, 9.17) is 37.4 Å². The lowest BCUT2D eigenvalue weighted by atomic mass is 9.85. The molecule has 0 aliphatic carbocycles. The minimum absolute atomic E-state index is 0.138. The number of aromatic nitrogens is 1. The Bertz CT molecular complexity index is 1760. The Morgan fingerprint density at radius 3 is 2.30 bits per heavy atom. The highest BCUT2D eigenvalue weighted by Crippen LogP contribution is 2.41. The van der Waals surface area contributed by atoms with Crippen LogP contribution in [0.3, 0.4) is 0 Å². The molecule has 10 nitrogen and oxygen atoms in total. The largest absolute Gasteiger partial charge is 0.493 e. The van der Waals surface area contributed by atoms with Gasteiger partial charge in [0, 0.05) is 27.6 Å². The number of hydrogen-bond donors (Lipinski definition) is 3. The number of methoxy groups -OCH3 is 2. The first-order valence-electron chi connectivity index (χ1n) is 16.4. The normalized spacial score (nSPS) is 15.0. The van der Waals surface area contributed by atoms with Gasteiger partial charge in [-0.3, -0.25) is 10.5 Å². The van der Waals surface area contributed by atoms with Crippen LogP contribution in [0.15, 0.2) is 67.0 Å². The molecule has 13 heteroatoms. The van der Waals surface area contributed by atoms with Crippen molar-refractivity contribution < 1.29 is 38.8 Å². The number of rotatable bonds is 15. The van der Waals surface area contributed by atoms with E-state index in [1.807, 2.05) is 42.5 Å². The SMILES string of the molecule is CCN1CCC(COC(=O)C(NCc2cc([C@@H](Cc3c(Cl)c[n+](O)cc3Cl)c3ccc(OC)c(OC)c3)c(C(=O)O)s2)c2ccccc2)CC1. The molecule has 5 rings (SSSR count). The number of likely N-dealkylation sites (tertiary alicyclic amines) is 1. The number of benzene rings is 2. The number of nitrogens with zero attached hydrogens (tertiary/aromatic N) is 2. The monoisotopic (exact) mass is 742 g/mol. The summed E-state index contributed by atoms with van der Waals surface area (Å²) in [5.41, 5.74) is 2.57. The number of pyridine rings is 1. The van der Waals surface area contributed by atoms with Crippen molar-refractivity contribution >= 4 is 46.5 Å². The first-order valence-corrected chi connectivity index (χ1v) is 18.0.